The lowest BCUT2D eigenvalue weighted by atomic mass is 9.86. The molecule has 1 aliphatic heterocycles. The second kappa shape index (κ2) is 9.44. The molecule has 4 nitrogen and oxygen atoms in total. The van der Waals surface area contributed by atoms with Gasteiger partial charge in [0.15, 0.2) is 6.61 Å². The van der Waals surface area contributed by atoms with Crippen molar-refractivity contribution in [2.45, 2.75) is 33.7 Å². The number of halogens is 1. The standard InChI is InChI=1S/C31H28ClNO3/c1-20-9-11-23(12-10-20)30(35)36-18-26(34)29-28(22-13-15-24(32)16-14-22)27(21-7-5-4-6-8-21)25-17-31(2,3)19-33(25)29/h4-16H,17-19H2,1-3H3. The molecule has 0 atom stereocenters. The van der Waals surface area contributed by atoms with Crippen molar-refractivity contribution in [3.63, 3.8) is 0 Å². The molecule has 0 amide bonds. The Morgan fingerprint density at radius 2 is 1.53 bits per heavy atom. The Morgan fingerprint density at radius 1 is 0.889 bits per heavy atom. The van der Waals surface area contributed by atoms with Crippen LogP contribution in [0.3, 0.4) is 0 Å². The van der Waals surface area contributed by atoms with Crippen LogP contribution in [0.15, 0.2) is 78.9 Å². The second-order valence-corrected chi connectivity index (χ2v) is 10.6. The van der Waals surface area contributed by atoms with Crippen molar-refractivity contribution in [2.24, 2.45) is 5.41 Å². The molecule has 5 heteroatoms. The summed E-state index contributed by atoms with van der Waals surface area (Å²) >= 11 is 6.19. The number of Topliss-reactive ketones (excluding diaryl/α,β-unsaturated/α-hetero) is 1. The van der Waals surface area contributed by atoms with Crippen molar-refractivity contribution in [1.29, 1.82) is 0 Å². The molecule has 0 saturated carbocycles. The Labute approximate surface area is 216 Å². The molecule has 0 unspecified atom stereocenters. The van der Waals surface area contributed by atoms with Gasteiger partial charge in [0.05, 0.1) is 11.3 Å². The van der Waals surface area contributed by atoms with Crippen molar-refractivity contribution in [2.75, 3.05) is 6.61 Å². The number of rotatable bonds is 6. The molecule has 3 aromatic carbocycles. The minimum absolute atomic E-state index is 0.00496. The summed E-state index contributed by atoms with van der Waals surface area (Å²) < 4.78 is 7.63. The van der Waals surface area contributed by atoms with E-state index >= 15 is 0 Å². The van der Waals surface area contributed by atoms with E-state index in [0.717, 1.165) is 39.9 Å². The third-order valence-corrected chi connectivity index (χ3v) is 6.94. The van der Waals surface area contributed by atoms with E-state index in [9.17, 15) is 9.59 Å². The van der Waals surface area contributed by atoms with E-state index in [1.165, 1.54) is 0 Å². The van der Waals surface area contributed by atoms with Crippen LogP contribution in [0.2, 0.25) is 5.02 Å². The Morgan fingerprint density at radius 3 is 2.19 bits per heavy atom. The molecular formula is C31H28ClNO3. The summed E-state index contributed by atoms with van der Waals surface area (Å²) in [7, 11) is 0. The van der Waals surface area contributed by atoms with E-state index in [-0.39, 0.29) is 17.8 Å². The number of aromatic nitrogens is 1. The molecule has 36 heavy (non-hydrogen) atoms. The summed E-state index contributed by atoms with van der Waals surface area (Å²) in [6, 6.07) is 24.9. The van der Waals surface area contributed by atoms with Crippen LogP contribution in [0.1, 0.15) is 46.0 Å². The van der Waals surface area contributed by atoms with Gasteiger partial charge in [0.25, 0.3) is 0 Å². The van der Waals surface area contributed by atoms with Gasteiger partial charge in [-0.1, -0.05) is 85.6 Å². The highest BCUT2D eigenvalue weighted by Crippen LogP contribution is 2.47. The maximum absolute atomic E-state index is 13.8. The molecule has 0 bridgehead atoms. The van der Waals surface area contributed by atoms with Crippen molar-refractivity contribution in [1.82, 2.24) is 4.57 Å². The van der Waals surface area contributed by atoms with Gasteiger partial charge >= 0.3 is 5.97 Å². The summed E-state index contributed by atoms with van der Waals surface area (Å²) in [6.07, 6.45) is 0.842. The number of carbonyl (C=O) groups excluding carboxylic acids is 2. The van der Waals surface area contributed by atoms with Crippen LogP contribution < -0.4 is 0 Å². The summed E-state index contributed by atoms with van der Waals surface area (Å²) in [5.41, 5.74) is 7.07. The molecule has 0 fully saturated rings. The number of nitrogens with zero attached hydrogens (tertiary/aromatic N) is 1. The van der Waals surface area contributed by atoms with Crippen molar-refractivity contribution < 1.29 is 14.3 Å². The molecule has 182 valence electrons. The normalized spacial score (nSPS) is 13.9. The predicted molar refractivity (Wildman–Crippen MR) is 144 cm³/mol. The lowest BCUT2D eigenvalue weighted by molar-refractivity contribution is 0.0472. The van der Waals surface area contributed by atoms with E-state index in [4.69, 9.17) is 16.3 Å². The topological polar surface area (TPSA) is 48.3 Å². The first kappa shape index (κ1) is 24.1. The van der Waals surface area contributed by atoms with E-state index in [1.807, 2.05) is 61.5 Å². The summed E-state index contributed by atoms with van der Waals surface area (Å²) in [6.45, 7) is 6.76. The molecule has 1 aliphatic rings. The van der Waals surface area contributed by atoms with Crippen LogP contribution >= 0.6 is 11.6 Å². The number of esters is 1. The van der Waals surface area contributed by atoms with E-state index < -0.39 is 5.97 Å². The third-order valence-electron chi connectivity index (χ3n) is 6.68. The van der Waals surface area contributed by atoms with Gasteiger partial charge in [0.2, 0.25) is 5.78 Å². The average Bonchev–Trinajstić information content (AvgIpc) is 3.33. The fourth-order valence-electron chi connectivity index (χ4n) is 5.04. The van der Waals surface area contributed by atoms with Gasteiger partial charge in [-0.25, -0.2) is 4.79 Å². The maximum atomic E-state index is 13.8. The molecule has 0 saturated heterocycles. The molecule has 4 aromatic rings. The number of ether oxygens (including phenoxy) is 1. The summed E-state index contributed by atoms with van der Waals surface area (Å²) in [4.78, 5) is 26.4. The van der Waals surface area contributed by atoms with Crippen LogP contribution in [0, 0.1) is 12.3 Å². The predicted octanol–water partition coefficient (Wildman–Crippen LogP) is 7.41. The molecule has 5 rings (SSSR count). The molecule has 2 heterocycles. The zero-order valence-corrected chi connectivity index (χ0v) is 21.4. The monoisotopic (exact) mass is 497 g/mol. The Balaban J connectivity index is 1.60. The minimum atomic E-state index is -0.506. The van der Waals surface area contributed by atoms with Gasteiger partial charge in [-0.2, -0.15) is 0 Å². The summed E-state index contributed by atoms with van der Waals surface area (Å²) in [5, 5.41) is 0.632. The average molecular weight is 498 g/mol. The zero-order valence-electron chi connectivity index (χ0n) is 20.7. The number of benzene rings is 3. The highest BCUT2D eigenvalue weighted by Gasteiger charge is 2.38. The summed E-state index contributed by atoms with van der Waals surface area (Å²) in [5.74, 6) is -0.727. The van der Waals surface area contributed by atoms with Crippen LogP contribution in [0.4, 0.5) is 0 Å². The van der Waals surface area contributed by atoms with Crippen molar-refractivity contribution in [3.8, 4) is 22.3 Å². The molecule has 0 spiro atoms. The minimum Gasteiger partial charge on any atom is -0.454 e. The number of fused-ring (bicyclic) bond motifs is 1. The molecule has 0 aliphatic carbocycles. The fraction of sp³-hybridized carbons (Fsp3) is 0.226. The zero-order chi connectivity index (χ0) is 25.4. The van der Waals surface area contributed by atoms with Gasteiger partial charge in [0, 0.05) is 28.4 Å². The number of hydrogen-bond donors (Lipinski definition) is 0. The molecule has 0 radical (unpaired) electrons. The van der Waals surface area contributed by atoms with E-state index in [2.05, 4.69) is 30.5 Å². The lowest BCUT2D eigenvalue weighted by Gasteiger charge is -2.19. The van der Waals surface area contributed by atoms with Crippen molar-refractivity contribution in [3.05, 3.63) is 106 Å². The van der Waals surface area contributed by atoms with Crippen LogP contribution in [-0.2, 0) is 17.7 Å². The van der Waals surface area contributed by atoms with Gasteiger partial charge in [-0.05, 0) is 54.2 Å². The lowest BCUT2D eigenvalue weighted by Crippen LogP contribution is -2.20. The van der Waals surface area contributed by atoms with Gasteiger partial charge in [-0.3, -0.25) is 4.79 Å². The maximum Gasteiger partial charge on any atom is 0.338 e. The van der Waals surface area contributed by atoms with Crippen LogP contribution in [0.5, 0.6) is 0 Å². The van der Waals surface area contributed by atoms with Crippen molar-refractivity contribution >= 4 is 23.4 Å². The SMILES string of the molecule is Cc1ccc(C(=O)OCC(=O)c2c(-c3ccc(Cl)cc3)c(-c3ccccc3)c3n2CC(C)(C)C3)cc1. The molecular weight excluding hydrogens is 470 g/mol. The number of hydrogen-bond acceptors (Lipinski definition) is 3. The first-order chi connectivity index (χ1) is 17.2. The molecule has 1 aromatic heterocycles. The Hall–Kier alpha value is -3.63. The third kappa shape index (κ3) is 4.61. The van der Waals surface area contributed by atoms with Crippen LogP contribution in [0.25, 0.3) is 22.3 Å². The number of aryl methyl sites for hydroxylation is 1. The number of ketones is 1. The smallest absolute Gasteiger partial charge is 0.338 e. The second-order valence-electron chi connectivity index (χ2n) is 10.2. The first-order valence-electron chi connectivity index (χ1n) is 12.1. The Kier molecular flexibility index (Phi) is 6.31. The van der Waals surface area contributed by atoms with Crippen LogP contribution in [-0.4, -0.2) is 22.9 Å². The number of carbonyl (C=O) groups is 2. The van der Waals surface area contributed by atoms with E-state index in [1.54, 1.807) is 12.1 Å². The van der Waals surface area contributed by atoms with E-state index in [0.29, 0.717) is 22.8 Å². The highest BCUT2D eigenvalue weighted by molar-refractivity contribution is 6.30. The highest BCUT2D eigenvalue weighted by atomic mass is 35.5. The van der Waals surface area contributed by atoms with Gasteiger partial charge < -0.3 is 9.30 Å². The van der Waals surface area contributed by atoms with Gasteiger partial charge in [0.1, 0.15) is 0 Å². The first-order valence-corrected chi connectivity index (χ1v) is 12.4. The fourth-order valence-corrected chi connectivity index (χ4v) is 5.16. The van der Waals surface area contributed by atoms with Gasteiger partial charge in [-0.15, -0.1) is 0 Å². The molecule has 0 N–H and O–H groups in total. The quantitative estimate of drug-likeness (QED) is 0.206. The largest absolute Gasteiger partial charge is 0.454 e. The Bertz CT molecular complexity index is 1430.